The minimum Gasteiger partial charge on any atom is -0.311 e. The maximum atomic E-state index is 13.0. The molecule has 1 heterocycles. The molecule has 0 spiro atoms. The van der Waals surface area contributed by atoms with E-state index in [4.69, 9.17) is 11.6 Å². The zero-order valence-electron chi connectivity index (χ0n) is 14.8. The van der Waals surface area contributed by atoms with E-state index < -0.39 is 34.8 Å². The highest BCUT2D eigenvalue weighted by Gasteiger charge is 2.32. The number of amides is 1. The zero-order valence-corrected chi connectivity index (χ0v) is 15.6. The van der Waals surface area contributed by atoms with Crippen molar-refractivity contribution in [1.29, 1.82) is 0 Å². The van der Waals surface area contributed by atoms with Crippen LogP contribution in [0.1, 0.15) is 12.5 Å². The topological polar surface area (TPSA) is 42.3 Å². The van der Waals surface area contributed by atoms with E-state index in [2.05, 4.69) is 0 Å². The molecule has 2 aromatic carbocycles. The van der Waals surface area contributed by atoms with Gasteiger partial charge in [-0.3, -0.25) is 9.59 Å². The Morgan fingerprint density at radius 3 is 2.50 bits per heavy atom. The second-order valence-corrected chi connectivity index (χ2v) is 6.55. The Morgan fingerprint density at radius 2 is 1.82 bits per heavy atom. The Hall–Kier alpha value is -2.80. The number of carbonyl (C=O) groups excluding carboxylic acids is 1. The number of carbonyl (C=O) groups is 1. The van der Waals surface area contributed by atoms with Crippen LogP contribution in [-0.2, 0) is 17.5 Å². The van der Waals surface area contributed by atoms with E-state index in [1.165, 1.54) is 4.90 Å². The fourth-order valence-corrected chi connectivity index (χ4v) is 3.25. The van der Waals surface area contributed by atoms with Crippen LogP contribution in [0, 0.1) is 0 Å². The van der Waals surface area contributed by atoms with Gasteiger partial charge < -0.3 is 9.47 Å². The number of benzene rings is 2. The molecule has 0 aliphatic carbocycles. The predicted molar refractivity (Wildman–Crippen MR) is 103 cm³/mol. The quantitative estimate of drug-likeness (QED) is 0.626. The van der Waals surface area contributed by atoms with Gasteiger partial charge in [0, 0.05) is 18.1 Å². The van der Waals surface area contributed by atoms with Crippen LogP contribution in [-0.4, -0.2) is 17.0 Å². The zero-order chi connectivity index (χ0) is 20.5. The third-order valence-corrected chi connectivity index (χ3v) is 4.62. The molecule has 1 amide bonds. The SMILES string of the molecule is CCN(C(=O)Cn1cc(C(F)(F)F)cc(Cl)c1=O)c1cccc2ccccc12. The standard InChI is InChI=1S/C20H16ClF3N2O2/c1-2-26(17-9-5-7-13-6-3-4-8-15(13)17)18(27)12-25-11-14(20(22,23)24)10-16(21)19(25)28/h3-11H,2,12H2,1H3. The monoisotopic (exact) mass is 408 g/mol. The average molecular weight is 409 g/mol. The van der Waals surface area contributed by atoms with Crippen molar-refractivity contribution >= 4 is 34.0 Å². The number of hydrogen-bond donors (Lipinski definition) is 0. The number of nitrogens with zero attached hydrogens (tertiary/aromatic N) is 2. The van der Waals surface area contributed by atoms with Crippen LogP contribution >= 0.6 is 11.6 Å². The lowest BCUT2D eigenvalue weighted by Gasteiger charge is -2.23. The Bertz CT molecular complexity index is 1090. The van der Waals surface area contributed by atoms with Gasteiger partial charge in [-0.05, 0) is 24.4 Å². The van der Waals surface area contributed by atoms with E-state index in [1.807, 2.05) is 30.3 Å². The second kappa shape index (κ2) is 7.67. The summed E-state index contributed by atoms with van der Waals surface area (Å²) in [4.78, 5) is 26.4. The minimum atomic E-state index is -4.68. The van der Waals surface area contributed by atoms with E-state index in [9.17, 15) is 22.8 Å². The van der Waals surface area contributed by atoms with Crippen molar-refractivity contribution in [2.75, 3.05) is 11.4 Å². The number of anilines is 1. The molecule has 0 unspecified atom stereocenters. The molecule has 0 saturated heterocycles. The van der Waals surface area contributed by atoms with E-state index in [-0.39, 0.29) is 6.54 Å². The summed E-state index contributed by atoms with van der Waals surface area (Å²) in [5.41, 5.74) is -1.31. The molecule has 28 heavy (non-hydrogen) atoms. The van der Waals surface area contributed by atoms with E-state index in [0.717, 1.165) is 10.8 Å². The van der Waals surface area contributed by atoms with E-state index in [0.29, 0.717) is 22.5 Å². The highest BCUT2D eigenvalue weighted by atomic mass is 35.5. The summed E-state index contributed by atoms with van der Waals surface area (Å²) in [6, 6.07) is 13.5. The Balaban J connectivity index is 2.00. The molecular weight excluding hydrogens is 393 g/mol. The molecule has 0 aliphatic heterocycles. The molecule has 1 aromatic heterocycles. The van der Waals surface area contributed by atoms with Crippen molar-refractivity contribution in [2.24, 2.45) is 0 Å². The van der Waals surface area contributed by atoms with Gasteiger partial charge in [-0.1, -0.05) is 48.0 Å². The van der Waals surface area contributed by atoms with Gasteiger partial charge in [-0.25, -0.2) is 0 Å². The van der Waals surface area contributed by atoms with Gasteiger partial charge in [0.1, 0.15) is 11.6 Å². The molecule has 8 heteroatoms. The van der Waals surface area contributed by atoms with Gasteiger partial charge in [0.05, 0.1) is 11.3 Å². The molecule has 3 aromatic rings. The molecule has 0 fully saturated rings. The molecule has 0 aliphatic rings. The van der Waals surface area contributed by atoms with Gasteiger partial charge in [0.25, 0.3) is 5.56 Å². The minimum absolute atomic E-state index is 0.286. The van der Waals surface area contributed by atoms with Crippen LogP contribution in [0.25, 0.3) is 10.8 Å². The van der Waals surface area contributed by atoms with Gasteiger partial charge in [-0.2, -0.15) is 13.2 Å². The number of alkyl halides is 3. The highest BCUT2D eigenvalue weighted by Crippen LogP contribution is 2.30. The van der Waals surface area contributed by atoms with Crippen LogP contribution in [0.5, 0.6) is 0 Å². The average Bonchev–Trinajstić information content (AvgIpc) is 2.65. The van der Waals surface area contributed by atoms with Crippen molar-refractivity contribution in [3.05, 3.63) is 75.7 Å². The molecule has 0 saturated carbocycles. The van der Waals surface area contributed by atoms with Crippen molar-refractivity contribution in [2.45, 2.75) is 19.6 Å². The maximum absolute atomic E-state index is 13.0. The lowest BCUT2D eigenvalue weighted by molar-refractivity contribution is -0.138. The molecule has 4 nitrogen and oxygen atoms in total. The number of aromatic nitrogens is 1. The number of halogens is 4. The largest absolute Gasteiger partial charge is 0.417 e. The first-order valence-electron chi connectivity index (χ1n) is 8.47. The fraction of sp³-hybridized carbons (Fsp3) is 0.200. The van der Waals surface area contributed by atoms with Crippen molar-refractivity contribution < 1.29 is 18.0 Å². The van der Waals surface area contributed by atoms with Crippen LogP contribution in [0.4, 0.5) is 18.9 Å². The van der Waals surface area contributed by atoms with Gasteiger partial charge in [0.15, 0.2) is 0 Å². The predicted octanol–water partition coefficient (Wildman–Crippen LogP) is 4.73. The number of rotatable bonds is 4. The summed E-state index contributed by atoms with van der Waals surface area (Å²) in [7, 11) is 0. The lowest BCUT2D eigenvalue weighted by atomic mass is 10.1. The molecule has 0 radical (unpaired) electrons. The fourth-order valence-electron chi connectivity index (χ4n) is 3.03. The third-order valence-electron chi connectivity index (χ3n) is 4.35. The molecule has 146 valence electrons. The third kappa shape index (κ3) is 3.89. The van der Waals surface area contributed by atoms with Gasteiger partial charge >= 0.3 is 6.18 Å². The van der Waals surface area contributed by atoms with Crippen molar-refractivity contribution in [1.82, 2.24) is 4.57 Å². The number of likely N-dealkylation sites (N-methyl/N-ethyl adjacent to an activating group) is 1. The summed E-state index contributed by atoms with van der Waals surface area (Å²) in [5.74, 6) is -0.517. The first-order chi connectivity index (χ1) is 13.2. The number of fused-ring (bicyclic) bond motifs is 1. The molecule has 3 rings (SSSR count). The normalized spacial score (nSPS) is 11.6. The van der Waals surface area contributed by atoms with E-state index in [1.54, 1.807) is 19.1 Å². The smallest absolute Gasteiger partial charge is 0.311 e. The van der Waals surface area contributed by atoms with E-state index >= 15 is 0 Å². The molecule has 0 atom stereocenters. The first kappa shape index (κ1) is 19.9. The summed E-state index contributed by atoms with van der Waals surface area (Å²) >= 11 is 5.66. The Kier molecular flexibility index (Phi) is 5.47. The summed E-state index contributed by atoms with van der Waals surface area (Å²) < 4.78 is 39.7. The molecular formula is C20H16ClF3N2O2. The Labute approximate surface area is 163 Å². The lowest BCUT2D eigenvalue weighted by Crippen LogP contribution is -2.37. The number of hydrogen-bond acceptors (Lipinski definition) is 2. The Morgan fingerprint density at radius 1 is 1.14 bits per heavy atom. The van der Waals surface area contributed by atoms with Crippen LogP contribution in [0.3, 0.4) is 0 Å². The van der Waals surface area contributed by atoms with Gasteiger partial charge in [0.2, 0.25) is 5.91 Å². The summed E-state index contributed by atoms with van der Waals surface area (Å²) in [6.45, 7) is 1.48. The molecule has 0 N–H and O–H groups in total. The van der Waals surface area contributed by atoms with Crippen LogP contribution < -0.4 is 10.5 Å². The van der Waals surface area contributed by atoms with Crippen molar-refractivity contribution in [3.63, 3.8) is 0 Å². The highest BCUT2D eigenvalue weighted by molar-refractivity contribution is 6.30. The van der Waals surface area contributed by atoms with Crippen LogP contribution in [0.15, 0.2) is 59.5 Å². The molecule has 0 bridgehead atoms. The first-order valence-corrected chi connectivity index (χ1v) is 8.85. The summed E-state index contributed by atoms with van der Waals surface area (Å²) in [5, 5.41) is 1.16. The van der Waals surface area contributed by atoms with Crippen LogP contribution in [0.2, 0.25) is 5.02 Å². The maximum Gasteiger partial charge on any atom is 0.417 e. The number of pyridine rings is 1. The second-order valence-electron chi connectivity index (χ2n) is 6.14. The van der Waals surface area contributed by atoms with Gasteiger partial charge in [-0.15, -0.1) is 0 Å². The summed E-state index contributed by atoms with van der Waals surface area (Å²) in [6.07, 6.45) is -4.06. The van der Waals surface area contributed by atoms with Crippen molar-refractivity contribution in [3.8, 4) is 0 Å².